The zero-order chi connectivity index (χ0) is 19.5. The molecule has 7 nitrogen and oxygen atoms in total. The molecule has 1 amide bonds. The molecule has 0 unspecified atom stereocenters. The number of hydrogen-bond donors (Lipinski definition) is 1. The van der Waals surface area contributed by atoms with E-state index in [9.17, 15) is 4.79 Å². The lowest BCUT2D eigenvalue weighted by atomic mass is 10.3. The van der Waals surface area contributed by atoms with Crippen molar-refractivity contribution in [2.45, 2.75) is 30.8 Å². The van der Waals surface area contributed by atoms with Crippen LogP contribution in [0.5, 0.6) is 0 Å². The highest BCUT2D eigenvalue weighted by atomic mass is 32.2. The van der Waals surface area contributed by atoms with E-state index in [2.05, 4.69) is 22.2 Å². The van der Waals surface area contributed by atoms with E-state index >= 15 is 0 Å². The van der Waals surface area contributed by atoms with Crippen LogP contribution in [-0.4, -0.2) is 25.0 Å². The molecule has 0 aliphatic rings. The van der Waals surface area contributed by atoms with Crippen molar-refractivity contribution in [3.8, 4) is 0 Å². The quantitative estimate of drug-likeness (QED) is 0.472. The number of anilines is 1. The lowest BCUT2D eigenvalue weighted by Crippen LogP contribution is -2.15. The Morgan fingerprint density at radius 2 is 2.11 bits per heavy atom. The molecular formula is C20H21N5O2S. The van der Waals surface area contributed by atoms with Gasteiger partial charge in [0.1, 0.15) is 5.76 Å². The van der Waals surface area contributed by atoms with Gasteiger partial charge in [0.25, 0.3) is 5.91 Å². The number of carbonyl (C=O) groups is 1. The van der Waals surface area contributed by atoms with Crippen molar-refractivity contribution in [3.63, 3.8) is 0 Å². The largest absolute Gasteiger partial charge is 0.455 e. The van der Waals surface area contributed by atoms with Crippen LogP contribution in [0.25, 0.3) is 11.0 Å². The molecular weight excluding hydrogens is 374 g/mol. The summed E-state index contributed by atoms with van der Waals surface area (Å²) in [4.78, 5) is 21.5. The molecule has 0 fully saturated rings. The molecule has 8 heteroatoms. The van der Waals surface area contributed by atoms with Crippen molar-refractivity contribution in [2.24, 2.45) is 7.05 Å². The van der Waals surface area contributed by atoms with Gasteiger partial charge in [0.2, 0.25) is 5.95 Å². The zero-order valence-electron chi connectivity index (χ0n) is 15.8. The number of thioether (sulfide) groups is 1. The van der Waals surface area contributed by atoms with Crippen molar-refractivity contribution in [3.05, 3.63) is 60.3 Å². The van der Waals surface area contributed by atoms with E-state index in [1.807, 2.05) is 52.7 Å². The molecule has 0 spiro atoms. The fourth-order valence-corrected chi connectivity index (χ4v) is 3.81. The summed E-state index contributed by atoms with van der Waals surface area (Å²) in [6, 6.07) is 11.4. The molecule has 0 saturated heterocycles. The summed E-state index contributed by atoms with van der Waals surface area (Å²) in [5.74, 6) is 1.83. The number of imidazole rings is 2. The van der Waals surface area contributed by atoms with Crippen LogP contribution in [0.1, 0.15) is 29.7 Å². The smallest absolute Gasteiger partial charge is 0.293 e. The Labute approximate surface area is 166 Å². The van der Waals surface area contributed by atoms with Crippen LogP contribution >= 0.6 is 11.8 Å². The van der Waals surface area contributed by atoms with Crippen molar-refractivity contribution < 1.29 is 9.21 Å². The molecule has 0 aliphatic heterocycles. The minimum atomic E-state index is -0.305. The molecule has 4 rings (SSSR count). The predicted octanol–water partition coefficient (Wildman–Crippen LogP) is 4.32. The Morgan fingerprint density at radius 3 is 2.89 bits per heavy atom. The minimum Gasteiger partial charge on any atom is -0.455 e. The molecule has 1 aromatic carbocycles. The maximum absolute atomic E-state index is 12.7. The van der Waals surface area contributed by atoms with Gasteiger partial charge in [-0.2, -0.15) is 0 Å². The van der Waals surface area contributed by atoms with Crippen LogP contribution in [0, 0.1) is 0 Å². The molecule has 3 heterocycles. The molecule has 28 heavy (non-hydrogen) atoms. The average Bonchev–Trinajstić information content (AvgIpc) is 3.40. The second kappa shape index (κ2) is 7.93. The Bertz CT molecular complexity index is 1110. The standard InChI is InChI=1S/C20H21N5O2S/c1-3-11-25-16-7-5-4-6-15(16)22-19(25)23-18(26)17-9-8-14(27-17)13-28-20-21-10-12-24(20)2/h4-10,12H,3,11,13H2,1-2H3,(H,22,23,26). The van der Waals surface area contributed by atoms with E-state index in [0.717, 1.165) is 34.9 Å². The molecule has 3 aromatic heterocycles. The van der Waals surface area contributed by atoms with Crippen molar-refractivity contribution in [1.82, 2.24) is 19.1 Å². The molecule has 0 saturated carbocycles. The predicted molar refractivity (Wildman–Crippen MR) is 109 cm³/mol. The van der Waals surface area contributed by atoms with E-state index in [1.165, 1.54) is 0 Å². The number of amides is 1. The van der Waals surface area contributed by atoms with Gasteiger partial charge in [-0.05, 0) is 30.7 Å². The number of hydrogen-bond acceptors (Lipinski definition) is 5. The number of nitrogens with zero attached hydrogens (tertiary/aromatic N) is 4. The number of furan rings is 1. The van der Waals surface area contributed by atoms with Gasteiger partial charge in [0.15, 0.2) is 10.9 Å². The van der Waals surface area contributed by atoms with Crippen LogP contribution in [0.15, 0.2) is 58.4 Å². The number of rotatable bonds is 7. The number of para-hydroxylation sites is 2. The monoisotopic (exact) mass is 395 g/mol. The highest BCUT2D eigenvalue weighted by Crippen LogP contribution is 2.23. The van der Waals surface area contributed by atoms with Gasteiger partial charge in [-0.3, -0.25) is 10.1 Å². The van der Waals surface area contributed by atoms with Crippen molar-refractivity contribution >= 4 is 34.7 Å². The molecule has 0 bridgehead atoms. The van der Waals surface area contributed by atoms with Crippen LogP contribution in [0.3, 0.4) is 0 Å². The first-order valence-electron chi connectivity index (χ1n) is 9.11. The van der Waals surface area contributed by atoms with Gasteiger partial charge in [-0.25, -0.2) is 9.97 Å². The van der Waals surface area contributed by atoms with E-state index in [-0.39, 0.29) is 11.7 Å². The molecule has 1 N–H and O–H groups in total. The summed E-state index contributed by atoms with van der Waals surface area (Å²) in [5, 5.41) is 3.79. The SMILES string of the molecule is CCCn1c(NC(=O)c2ccc(CSc3nccn3C)o2)nc2ccccc21. The van der Waals surface area contributed by atoms with E-state index in [4.69, 9.17) is 4.42 Å². The Kier molecular flexibility index (Phi) is 5.21. The number of aryl methyl sites for hydroxylation is 2. The van der Waals surface area contributed by atoms with Gasteiger partial charge in [-0.15, -0.1) is 0 Å². The molecule has 0 aliphatic carbocycles. The minimum absolute atomic E-state index is 0.269. The number of fused-ring (bicyclic) bond motifs is 1. The van der Waals surface area contributed by atoms with Crippen LogP contribution in [0.4, 0.5) is 5.95 Å². The maximum atomic E-state index is 12.7. The van der Waals surface area contributed by atoms with Crippen LogP contribution < -0.4 is 5.32 Å². The Balaban J connectivity index is 1.48. The second-order valence-electron chi connectivity index (χ2n) is 6.41. The molecule has 0 radical (unpaired) electrons. The molecule has 144 valence electrons. The fourth-order valence-electron chi connectivity index (χ4n) is 2.99. The normalized spacial score (nSPS) is 11.2. The average molecular weight is 395 g/mol. The Hall–Kier alpha value is -3.00. The summed E-state index contributed by atoms with van der Waals surface area (Å²) >= 11 is 1.56. The van der Waals surface area contributed by atoms with Gasteiger partial charge in [-0.1, -0.05) is 30.8 Å². The lowest BCUT2D eigenvalue weighted by molar-refractivity contribution is 0.0994. The van der Waals surface area contributed by atoms with Crippen molar-refractivity contribution in [1.29, 1.82) is 0 Å². The van der Waals surface area contributed by atoms with Crippen LogP contribution in [-0.2, 0) is 19.3 Å². The number of nitrogens with one attached hydrogen (secondary N) is 1. The van der Waals surface area contributed by atoms with Gasteiger partial charge >= 0.3 is 0 Å². The summed E-state index contributed by atoms with van der Waals surface area (Å²) in [7, 11) is 1.94. The lowest BCUT2D eigenvalue weighted by Gasteiger charge is -2.08. The zero-order valence-corrected chi connectivity index (χ0v) is 16.6. The van der Waals surface area contributed by atoms with Gasteiger partial charge < -0.3 is 13.6 Å². The fraction of sp³-hybridized carbons (Fsp3) is 0.250. The van der Waals surface area contributed by atoms with Crippen LogP contribution in [0.2, 0.25) is 0 Å². The Morgan fingerprint density at radius 1 is 1.25 bits per heavy atom. The first kappa shape index (κ1) is 18.4. The van der Waals surface area contributed by atoms with E-state index < -0.39 is 0 Å². The molecule has 0 atom stereocenters. The van der Waals surface area contributed by atoms with Crippen molar-refractivity contribution in [2.75, 3.05) is 5.32 Å². The maximum Gasteiger partial charge on any atom is 0.293 e. The number of benzene rings is 1. The third-order valence-corrected chi connectivity index (χ3v) is 5.41. The second-order valence-corrected chi connectivity index (χ2v) is 7.35. The highest BCUT2D eigenvalue weighted by molar-refractivity contribution is 7.98. The summed E-state index contributed by atoms with van der Waals surface area (Å²) < 4.78 is 9.69. The summed E-state index contributed by atoms with van der Waals surface area (Å²) in [6.07, 6.45) is 4.59. The molecule has 4 aromatic rings. The summed E-state index contributed by atoms with van der Waals surface area (Å²) in [6.45, 7) is 2.87. The summed E-state index contributed by atoms with van der Waals surface area (Å²) in [5.41, 5.74) is 1.86. The van der Waals surface area contributed by atoms with Gasteiger partial charge in [0, 0.05) is 26.0 Å². The first-order chi connectivity index (χ1) is 13.7. The third kappa shape index (κ3) is 3.68. The topological polar surface area (TPSA) is 77.9 Å². The first-order valence-corrected chi connectivity index (χ1v) is 10.1. The number of carbonyl (C=O) groups excluding carboxylic acids is 1. The third-order valence-electron chi connectivity index (χ3n) is 4.33. The van der Waals surface area contributed by atoms with E-state index in [1.54, 1.807) is 24.0 Å². The highest BCUT2D eigenvalue weighted by Gasteiger charge is 2.17. The van der Waals surface area contributed by atoms with E-state index in [0.29, 0.717) is 11.7 Å². The number of aromatic nitrogens is 4. The van der Waals surface area contributed by atoms with Gasteiger partial charge in [0.05, 0.1) is 16.8 Å².